The van der Waals surface area contributed by atoms with Crippen molar-refractivity contribution in [2.45, 2.75) is 25.8 Å². The van der Waals surface area contributed by atoms with Gasteiger partial charge in [-0.1, -0.05) is 0 Å². The number of ketones is 1. The number of methoxy groups -OCH3 is 1. The van der Waals surface area contributed by atoms with Crippen molar-refractivity contribution in [1.29, 1.82) is 0 Å². The van der Waals surface area contributed by atoms with E-state index in [4.69, 9.17) is 4.74 Å². The second kappa shape index (κ2) is 5.48. The molecule has 2 rings (SSSR count). The normalized spacial score (nSPS) is 20.1. The molecule has 1 aliphatic heterocycles. The Bertz CT molecular complexity index is 447. The minimum atomic E-state index is -0.488. The number of benzene rings is 1. The molecule has 1 aromatic carbocycles. The van der Waals surface area contributed by atoms with Gasteiger partial charge in [-0.3, -0.25) is 9.69 Å². The second-order valence-corrected chi connectivity index (χ2v) is 4.73. The molecule has 1 saturated heterocycles. The van der Waals surface area contributed by atoms with Gasteiger partial charge in [0.05, 0.1) is 13.7 Å². The van der Waals surface area contributed by atoms with Crippen LogP contribution in [-0.2, 0) is 0 Å². The van der Waals surface area contributed by atoms with E-state index in [1.807, 2.05) is 0 Å². The van der Waals surface area contributed by atoms with Crippen LogP contribution in [0.25, 0.3) is 0 Å². The van der Waals surface area contributed by atoms with Gasteiger partial charge in [0.1, 0.15) is 0 Å². The first-order chi connectivity index (χ1) is 8.61. The number of carbonyl (C=O) groups is 1. The monoisotopic (exact) mass is 251 g/mol. The van der Waals surface area contributed by atoms with E-state index < -0.39 is 5.82 Å². The van der Waals surface area contributed by atoms with Gasteiger partial charge in [0.15, 0.2) is 17.3 Å². The number of hydrogen-bond donors (Lipinski definition) is 0. The predicted octanol–water partition coefficient (Wildman–Crippen LogP) is 2.50. The van der Waals surface area contributed by atoms with Crippen LogP contribution in [0.15, 0.2) is 18.2 Å². The van der Waals surface area contributed by atoms with E-state index in [0.717, 1.165) is 19.4 Å². The van der Waals surface area contributed by atoms with Gasteiger partial charge in [-0.15, -0.1) is 0 Å². The Morgan fingerprint density at radius 2 is 2.33 bits per heavy atom. The van der Waals surface area contributed by atoms with Gasteiger partial charge >= 0.3 is 0 Å². The number of rotatable bonds is 4. The molecule has 4 heteroatoms. The Labute approximate surface area is 107 Å². The van der Waals surface area contributed by atoms with Gasteiger partial charge in [0.2, 0.25) is 0 Å². The third kappa shape index (κ3) is 2.70. The summed E-state index contributed by atoms with van der Waals surface area (Å²) in [6.45, 7) is 3.44. The quantitative estimate of drug-likeness (QED) is 0.770. The van der Waals surface area contributed by atoms with Crippen LogP contribution in [-0.4, -0.2) is 36.9 Å². The summed E-state index contributed by atoms with van der Waals surface area (Å²) >= 11 is 0. The lowest BCUT2D eigenvalue weighted by molar-refractivity contribution is 0.0926. The molecule has 0 aromatic heterocycles. The lowest BCUT2D eigenvalue weighted by Crippen LogP contribution is -2.32. The SMILES string of the molecule is COc1ccc(C(=O)CN2CCCC2C)cc1F. The number of likely N-dealkylation sites (tertiary alicyclic amines) is 1. The number of hydrogen-bond acceptors (Lipinski definition) is 3. The lowest BCUT2D eigenvalue weighted by atomic mass is 10.1. The van der Waals surface area contributed by atoms with Crippen molar-refractivity contribution in [2.75, 3.05) is 20.2 Å². The molecule has 3 nitrogen and oxygen atoms in total. The van der Waals surface area contributed by atoms with Crippen LogP contribution in [0.2, 0.25) is 0 Å². The molecule has 0 N–H and O–H groups in total. The molecule has 0 radical (unpaired) electrons. The lowest BCUT2D eigenvalue weighted by Gasteiger charge is -2.19. The number of carbonyl (C=O) groups excluding carboxylic acids is 1. The van der Waals surface area contributed by atoms with Crippen molar-refractivity contribution in [2.24, 2.45) is 0 Å². The Balaban J connectivity index is 2.07. The molecular formula is C14H18FNO2. The molecule has 18 heavy (non-hydrogen) atoms. The molecule has 0 amide bonds. The van der Waals surface area contributed by atoms with E-state index in [1.165, 1.54) is 19.2 Å². The highest BCUT2D eigenvalue weighted by Crippen LogP contribution is 2.20. The summed E-state index contributed by atoms with van der Waals surface area (Å²) in [6, 6.07) is 4.81. The minimum Gasteiger partial charge on any atom is -0.494 e. The first-order valence-corrected chi connectivity index (χ1v) is 6.22. The maximum absolute atomic E-state index is 13.5. The van der Waals surface area contributed by atoms with Gasteiger partial charge in [-0.25, -0.2) is 4.39 Å². The zero-order chi connectivity index (χ0) is 13.1. The van der Waals surface area contributed by atoms with Crippen LogP contribution in [0, 0.1) is 5.82 Å². The van der Waals surface area contributed by atoms with Gasteiger partial charge < -0.3 is 4.74 Å². The molecule has 0 saturated carbocycles. The van der Waals surface area contributed by atoms with Crippen LogP contribution in [0.1, 0.15) is 30.1 Å². The Morgan fingerprint density at radius 1 is 1.56 bits per heavy atom. The summed E-state index contributed by atoms with van der Waals surface area (Å²) in [4.78, 5) is 14.2. The van der Waals surface area contributed by atoms with Crippen LogP contribution < -0.4 is 4.74 Å². The summed E-state index contributed by atoms with van der Waals surface area (Å²) < 4.78 is 18.3. The first kappa shape index (κ1) is 13.0. The average Bonchev–Trinajstić information content (AvgIpc) is 2.75. The van der Waals surface area contributed by atoms with Gasteiger partial charge in [0, 0.05) is 11.6 Å². The zero-order valence-corrected chi connectivity index (χ0v) is 10.8. The molecular weight excluding hydrogens is 233 g/mol. The highest BCUT2D eigenvalue weighted by Gasteiger charge is 2.23. The Hall–Kier alpha value is -1.42. The Morgan fingerprint density at radius 3 is 2.89 bits per heavy atom. The smallest absolute Gasteiger partial charge is 0.176 e. The van der Waals surface area contributed by atoms with Crippen molar-refractivity contribution >= 4 is 5.78 Å². The van der Waals surface area contributed by atoms with Crippen molar-refractivity contribution in [1.82, 2.24) is 4.90 Å². The van der Waals surface area contributed by atoms with Crippen LogP contribution in [0.4, 0.5) is 4.39 Å². The van der Waals surface area contributed by atoms with Gasteiger partial charge in [-0.05, 0) is 44.5 Å². The topological polar surface area (TPSA) is 29.5 Å². The van der Waals surface area contributed by atoms with E-state index in [9.17, 15) is 9.18 Å². The van der Waals surface area contributed by atoms with Crippen molar-refractivity contribution in [3.8, 4) is 5.75 Å². The molecule has 1 aromatic rings. The third-order valence-corrected chi connectivity index (χ3v) is 3.51. The molecule has 0 aliphatic carbocycles. The standard InChI is InChI=1S/C14H18FNO2/c1-10-4-3-7-16(10)9-13(17)11-5-6-14(18-2)12(15)8-11/h5-6,8,10H,3-4,7,9H2,1-2H3. The largest absolute Gasteiger partial charge is 0.494 e. The summed E-state index contributed by atoms with van der Waals surface area (Å²) in [5.41, 5.74) is 0.410. The number of ether oxygens (including phenoxy) is 1. The first-order valence-electron chi connectivity index (χ1n) is 6.22. The summed E-state index contributed by atoms with van der Waals surface area (Å²) in [5, 5.41) is 0. The number of halogens is 1. The van der Waals surface area contributed by atoms with Crippen molar-refractivity contribution in [3.05, 3.63) is 29.6 Å². The zero-order valence-electron chi connectivity index (χ0n) is 10.8. The summed E-state index contributed by atoms with van der Waals surface area (Å²) in [5.74, 6) is -0.357. The molecule has 0 spiro atoms. The van der Waals surface area contributed by atoms with Crippen molar-refractivity contribution in [3.63, 3.8) is 0 Å². The van der Waals surface area contributed by atoms with Crippen molar-refractivity contribution < 1.29 is 13.9 Å². The predicted molar refractivity (Wildman–Crippen MR) is 67.6 cm³/mol. The van der Waals surface area contributed by atoms with E-state index in [2.05, 4.69) is 11.8 Å². The third-order valence-electron chi connectivity index (χ3n) is 3.51. The minimum absolute atomic E-state index is 0.0368. The highest BCUT2D eigenvalue weighted by molar-refractivity contribution is 5.97. The highest BCUT2D eigenvalue weighted by atomic mass is 19.1. The maximum atomic E-state index is 13.5. The second-order valence-electron chi connectivity index (χ2n) is 4.73. The molecule has 98 valence electrons. The van der Waals surface area contributed by atoms with Gasteiger partial charge in [0.25, 0.3) is 0 Å². The summed E-state index contributed by atoms with van der Waals surface area (Å²) in [6.07, 6.45) is 2.26. The summed E-state index contributed by atoms with van der Waals surface area (Å²) in [7, 11) is 1.41. The van der Waals surface area contributed by atoms with E-state index in [-0.39, 0.29) is 11.5 Å². The molecule has 1 unspecified atom stereocenters. The molecule has 1 heterocycles. The molecule has 1 atom stereocenters. The molecule has 0 bridgehead atoms. The fourth-order valence-corrected chi connectivity index (χ4v) is 2.34. The fourth-order valence-electron chi connectivity index (χ4n) is 2.34. The van der Waals surface area contributed by atoms with Gasteiger partial charge in [-0.2, -0.15) is 0 Å². The average molecular weight is 251 g/mol. The molecule has 1 aliphatic rings. The van der Waals surface area contributed by atoms with Crippen LogP contribution >= 0.6 is 0 Å². The Kier molecular flexibility index (Phi) is 3.97. The fraction of sp³-hybridized carbons (Fsp3) is 0.500. The van der Waals surface area contributed by atoms with E-state index in [0.29, 0.717) is 18.2 Å². The number of nitrogens with zero attached hydrogens (tertiary/aromatic N) is 1. The van der Waals surface area contributed by atoms with Crippen LogP contribution in [0.5, 0.6) is 5.75 Å². The van der Waals surface area contributed by atoms with E-state index in [1.54, 1.807) is 6.07 Å². The van der Waals surface area contributed by atoms with Crippen LogP contribution in [0.3, 0.4) is 0 Å². The maximum Gasteiger partial charge on any atom is 0.176 e. The molecule has 1 fully saturated rings. The number of Topliss-reactive ketones (excluding diaryl/α,β-unsaturated/α-hetero) is 1. The van der Waals surface area contributed by atoms with E-state index >= 15 is 0 Å².